The van der Waals surface area contributed by atoms with Crippen LogP contribution in [-0.2, 0) is 0 Å². The quantitative estimate of drug-likeness (QED) is 0.582. The molecule has 0 heterocycles. The van der Waals surface area contributed by atoms with Crippen molar-refractivity contribution in [1.29, 1.82) is 5.41 Å². The van der Waals surface area contributed by atoms with Gasteiger partial charge in [0.15, 0.2) is 0 Å². The summed E-state index contributed by atoms with van der Waals surface area (Å²) in [6.45, 7) is 2.74. The van der Waals surface area contributed by atoms with E-state index in [1.54, 1.807) is 0 Å². The predicted molar refractivity (Wildman–Crippen MR) is 60.4 cm³/mol. The van der Waals surface area contributed by atoms with Gasteiger partial charge in [-0.05, 0) is 37.3 Å². The van der Waals surface area contributed by atoms with Crippen molar-refractivity contribution >= 4 is 5.84 Å². The highest BCUT2D eigenvalue weighted by Crippen LogP contribution is 2.31. The number of amidine groups is 1. The molecule has 0 aromatic heterocycles. The van der Waals surface area contributed by atoms with E-state index in [4.69, 9.17) is 15.9 Å². The van der Waals surface area contributed by atoms with Crippen LogP contribution in [0.15, 0.2) is 18.2 Å². The Morgan fingerprint density at radius 1 is 1.53 bits per heavy atom. The third-order valence-corrected chi connectivity index (χ3v) is 2.66. The Hall–Kier alpha value is -1.51. The molecule has 1 aromatic rings. The van der Waals surface area contributed by atoms with Gasteiger partial charge < -0.3 is 10.5 Å². The highest BCUT2D eigenvalue weighted by atomic mass is 16.5. The van der Waals surface area contributed by atoms with E-state index in [1.807, 2.05) is 25.1 Å². The van der Waals surface area contributed by atoms with Crippen LogP contribution in [0.2, 0.25) is 0 Å². The van der Waals surface area contributed by atoms with Crippen LogP contribution in [0.25, 0.3) is 0 Å². The molecule has 1 aliphatic carbocycles. The number of rotatable bonds is 4. The average molecular weight is 204 g/mol. The first kappa shape index (κ1) is 10.0. The molecule has 0 bridgehead atoms. The molecule has 15 heavy (non-hydrogen) atoms. The number of benzene rings is 1. The summed E-state index contributed by atoms with van der Waals surface area (Å²) in [6.07, 6.45) is 2.53. The molecule has 1 aromatic carbocycles. The molecule has 80 valence electrons. The van der Waals surface area contributed by atoms with Crippen LogP contribution in [0.1, 0.15) is 24.0 Å². The largest absolute Gasteiger partial charge is 0.492 e. The van der Waals surface area contributed by atoms with Gasteiger partial charge in [-0.2, -0.15) is 0 Å². The summed E-state index contributed by atoms with van der Waals surface area (Å²) in [5, 5.41) is 7.47. The normalized spacial score (nSPS) is 15.0. The van der Waals surface area contributed by atoms with Crippen molar-refractivity contribution < 1.29 is 4.74 Å². The fraction of sp³-hybridized carbons (Fsp3) is 0.417. The number of ether oxygens (including phenoxy) is 1. The summed E-state index contributed by atoms with van der Waals surface area (Å²) in [4.78, 5) is 0. The second kappa shape index (κ2) is 3.93. The minimum absolute atomic E-state index is 0.0736. The Bertz CT molecular complexity index is 383. The van der Waals surface area contributed by atoms with Gasteiger partial charge in [-0.15, -0.1) is 0 Å². The van der Waals surface area contributed by atoms with Crippen molar-refractivity contribution in [2.75, 3.05) is 6.61 Å². The van der Waals surface area contributed by atoms with Gasteiger partial charge in [0, 0.05) is 0 Å². The Morgan fingerprint density at radius 2 is 2.27 bits per heavy atom. The Balaban J connectivity index is 2.20. The highest BCUT2D eigenvalue weighted by Gasteiger charge is 2.22. The highest BCUT2D eigenvalue weighted by molar-refractivity contribution is 5.98. The molecule has 3 N–H and O–H groups in total. The first-order chi connectivity index (χ1) is 7.18. The molecule has 0 spiro atoms. The van der Waals surface area contributed by atoms with Gasteiger partial charge in [-0.1, -0.05) is 12.1 Å². The van der Waals surface area contributed by atoms with E-state index in [2.05, 4.69) is 0 Å². The average Bonchev–Trinajstić information content (AvgIpc) is 2.99. The van der Waals surface area contributed by atoms with Gasteiger partial charge in [-0.3, -0.25) is 5.41 Å². The molecule has 0 amide bonds. The summed E-state index contributed by atoms with van der Waals surface area (Å²) in [5.41, 5.74) is 7.26. The van der Waals surface area contributed by atoms with Crippen LogP contribution in [0.5, 0.6) is 5.75 Å². The van der Waals surface area contributed by atoms with Crippen molar-refractivity contribution in [3.63, 3.8) is 0 Å². The summed E-state index contributed by atoms with van der Waals surface area (Å²) in [6, 6.07) is 5.71. The number of nitrogens with two attached hydrogens (primary N) is 1. The second-order valence-corrected chi connectivity index (χ2v) is 4.12. The standard InChI is InChI=1S/C12H16N2O/c1-8-3-2-4-10(12(13)14)11(8)15-7-9-5-6-9/h2-4,9H,5-7H2,1H3,(H3,13,14). The van der Waals surface area contributed by atoms with Crippen LogP contribution < -0.4 is 10.5 Å². The maximum absolute atomic E-state index is 7.47. The zero-order chi connectivity index (χ0) is 10.8. The molecule has 0 radical (unpaired) electrons. The molecule has 0 saturated heterocycles. The number of nitrogen functional groups attached to an aromatic ring is 1. The molecular weight excluding hydrogens is 188 g/mol. The number of hydrogen-bond acceptors (Lipinski definition) is 2. The fourth-order valence-corrected chi connectivity index (χ4v) is 1.54. The van der Waals surface area contributed by atoms with Gasteiger partial charge in [0.05, 0.1) is 12.2 Å². The topological polar surface area (TPSA) is 59.1 Å². The molecule has 3 heteroatoms. The Kier molecular flexibility index (Phi) is 2.62. The molecule has 1 saturated carbocycles. The Labute approximate surface area is 89.8 Å². The predicted octanol–water partition coefficient (Wildman–Crippen LogP) is 2.07. The fourth-order valence-electron chi connectivity index (χ4n) is 1.54. The lowest BCUT2D eigenvalue weighted by Crippen LogP contribution is -2.14. The lowest BCUT2D eigenvalue weighted by atomic mass is 10.1. The number of aryl methyl sites for hydroxylation is 1. The maximum atomic E-state index is 7.47. The number of para-hydroxylation sites is 1. The first-order valence-corrected chi connectivity index (χ1v) is 5.25. The zero-order valence-electron chi connectivity index (χ0n) is 8.92. The van der Waals surface area contributed by atoms with E-state index in [9.17, 15) is 0 Å². The minimum atomic E-state index is 0.0736. The third-order valence-electron chi connectivity index (χ3n) is 2.66. The SMILES string of the molecule is Cc1cccc(C(=N)N)c1OCC1CC1. The summed E-state index contributed by atoms with van der Waals surface area (Å²) in [7, 11) is 0. The molecule has 1 aliphatic rings. The molecular formula is C12H16N2O. The molecule has 0 atom stereocenters. The zero-order valence-corrected chi connectivity index (χ0v) is 8.92. The van der Waals surface area contributed by atoms with Crippen LogP contribution in [0.3, 0.4) is 0 Å². The van der Waals surface area contributed by atoms with E-state index >= 15 is 0 Å². The third kappa shape index (κ3) is 2.29. The van der Waals surface area contributed by atoms with Crippen molar-refractivity contribution in [1.82, 2.24) is 0 Å². The second-order valence-electron chi connectivity index (χ2n) is 4.12. The van der Waals surface area contributed by atoms with Gasteiger partial charge >= 0.3 is 0 Å². The van der Waals surface area contributed by atoms with E-state index in [-0.39, 0.29) is 5.84 Å². The van der Waals surface area contributed by atoms with E-state index in [1.165, 1.54) is 12.8 Å². The first-order valence-electron chi connectivity index (χ1n) is 5.25. The maximum Gasteiger partial charge on any atom is 0.133 e. The summed E-state index contributed by atoms with van der Waals surface area (Å²) in [5.74, 6) is 1.56. The molecule has 2 rings (SSSR count). The number of hydrogen-bond donors (Lipinski definition) is 2. The summed E-state index contributed by atoms with van der Waals surface area (Å²) >= 11 is 0. The van der Waals surface area contributed by atoms with Crippen molar-refractivity contribution in [2.45, 2.75) is 19.8 Å². The molecule has 1 fully saturated rings. The van der Waals surface area contributed by atoms with Crippen molar-refractivity contribution in [3.05, 3.63) is 29.3 Å². The van der Waals surface area contributed by atoms with Gasteiger partial charge in [0.1, 0.15) is 11.6 Å². The van der Waals surface area contributed by atoms with Crippen molar-refractivity contribution in [3.8, 4) is 5.75 Å². The molecule has 0 unspecified atom stereocenters. The van der Waals surface area contributed by atoms with Crippen LogP contribution in [0, 0.1) is 18.3 Å². The lowest BCUT2D eigenvalue weighted by molar-refractivity contribution is 0.297. The van der Waals surface area contributed by atoms with E-state index in [0.29, 0.717) is 11.5 Å². The van der Waals surface area contributed by atoms with E-state index in [0.717, 1.165) is 17.9 Å². The Morgan fingerprint density at radius 3 is 2.87 bits per heavy atom. The van der Waals surface area contributed by atoms with E-state index < -0.39 is 0 Å². The monoisotopic (exact) mass is 204 g/mol. The minimum Gasteiger partial charge on any atom is -0.492 e. The van der Waals surface area contributed by atoms with Gasteiger partial charge in [0.25, 0.3) is 0 Å². The van der Waals surface area contributed by atoms with Crippen LogP contribution in [-0.4, -0.2) is 12.4 Å². The molecule has 0 aliphatic heterocycles. The number of nitrogens with one attached hydrogen (secondary N) is 1. The lowest BCUT2D eigenvalue weighted by Gasteiger charge is -2.12. The summed E-state index contributed by atoms with van der Waals surface area (Å²) < 4.78 is 5.73. The van der Waals surface area contributed by atoms with Gasteiger partial charge in [-0.25, -0.2) is 0 Å². The van der Waals surface area contributed by atoms with Crippen LogP contribution >= 0.6 is 0 Å². The van der Waals surface area contributed by atoms with Crippen LogP contribution in [0.4, 0.5) is 0 Å². The van der Waals surface area contributed by atoms with Crippen molar-refractivity contribution in [2.24, 2.45) is 11.7 Å². The smallest absolute Gasteiger partial charge is 0.133 e. The molecule has 3 nitrogen and oxygen atoms in total. The van der Waals surface area contributed by atoms with Gasteiger partial charge in [0.2, 0.25) is 0 Å².